The maximum atomic E-state index is 5.77. The van der Waals surface area contributed by atoms with Crippen LogP contribution in [0.2, 0.25) is 0 Å². The molecule has 2 rings (SSSR count). The molecule has 4 nitrogen and oxygen atoms in total. The maximum Gasteiger partial charge on any atom is 0.128 e. The number of nitrogens with two attached hydrogens (primary N) is 1. The standard InChI is InChI=1S/C14H17N3O/c1-4-10-5-6-13(18-3)11(7-10)12-8-14(15)17-9(2)16-12/h5-8H,4H2,1-3H3,(H2,15,16,17). The Balaban J connectivity index is 2.60. The lowest BCUT2D eigenvalue weighted by molar-refractivity contribution is 0.416. The van der Waals surface area contributed by atoms with Gasteiger partial charge in [0, 0.05) is 11.6 Å². The van der Waals surface area contributed by atoms with E-state index in [1.165, 1.54) is 5.56 Å². The number of methoxy groups -OCH3 is 1. The van der Waals surface area contributed by atoms with Crippen molar-refractivity contribution in [3.63, 3.8) is 0 Å². The lowest BCUT2D eigenvalue weighted by Crippen LogP contribution is -1.99. The van der Waals surface area contributed by atoms with Gasteiger partial charge < -0.3 is 10.5 Å². The van der Waals surface area contributed by atoms with Gasteiger partial charge in [0.2, 0.25) is 0 Å². The topological polar surface area (TPSA) is 61.0 Å². The average molecular weight is 243 g/mol. The van der Waals surface area contributed by atoms with Crippen molar-refractivity contribution < 1.29 is 4.74 Å². The summed E-state index contributed by atoms with van der Waals surface area (Å²) in [6.45, 7) is 3.95. The summed E-state index contributed by atoms with van der Waals surface area (Å²) in [5.41, 5.74) is 8.75. The molecule has 4 heteroatoms. The van der Waals surface area contributed by atoms with Crippen LogP contribution >= 0.6 is 0 Å². The Hall–Kier alpha value is -2.10. The van der Waals surface area contributed by atoms with Gasteiger partial charge in [0.1, 0.15) is 17.4 Å². The zero-order valence-corrected chi connectivity index (χ0v) is 10.9. The van der Waals surface area contributed by atoms with E-state index in [0.717, 1.165) is 23.4 Å². The largest absolute Gasteiger partial charge is 0.496 e. The summed E-state index contributed by atoms with van der Waals surface area (Å²) in [6, 6.07) is 7.87. The summed E-state index contributed by atoms with van der Waals surface area (Å²) in [7, 11) is 1.65. The molecule has 0 atom stereocenters. The molecule has 0 spiro atoms. The number of nitrogens with zero attached hydrogens (tertiary/aromatic N) is 2. The Morgan fingerprint density at radius 2 is 2.00 bits per heavy atom. The van der Waals surface area contributed by atoms with Crippen LogP contribution in [0.3, 0.4) is 0 Å². The summed E-state index contributed by atoms with van der Waals surface area (Å²) >= 11 is 0. The number of nitrogen functional groups attached to an aromatic ring is 1. The number of hydrogen-bond acceptors (Lipinski definition) is 4. The Morgan fingerprint density at radius 1 is 1.22 bits per heavy atom. The van der Waals surface area contributed by atoms with E-state index in [1.807, 2.05) is 13.0 Å². The van der Waals surface area contributed by atoms with Gasteiger partial charge in [-0.3, -0.25) is 0 Å². The number of benzene rings is 1. The zero-order valence-electron chi connectivity index (χ0n) is 10.9. The first kappa shape index (κ1) is 12.4. The number of hydrogen-bond donors (Lipinski definition) is 1. The van der Waals surface area contributed by atoms with Gasteiger partial charge in [-0.2, -0.15) is 0 Å². The van der Waals surface area contributed by atoms with Crippen LogP contribution in [0.4, 0.5) is 5.82 Å². The highest BCUT2D eigenvalue weighted by molar-refractivity contribution is 5.69. The first-order valence-corrected chi connectivity index (χ1v) is 5.92. The van der Waals surface area contributed by atoms with Gasteiger partial charge >= 0.3 is 0 Å². The highest BCUT2D eigenvalue weighted by Gasteiger charge is 2.09. The first-order valence-electron chi connectivity index (χ1n) is 5.92. The third-order valence-electron chi connectivity index (χ3n) is 2.81. The monoisotopic (exact) mass is 243 g/mol. The average Bonchev–Trinajstić information content (AvgIpc) is 2.36. The molecule has 18 heavy (non-hydrogen) atoms. The molecule has 0 saturated carbocycles. The molecule has 1 aromatic heterocycles. The highest BCUT2D eigenvalue weighted by atomic mass is 16.5. The fourth-order valence-electron chi connectivity index (χ4n) is 1.90. The molecular formula is C14H17N3O. The minimum absolute atomic E-state index is 0.474. The summed E-state index contributed by atoms with van der Waals surface area (Å²) in [4.78, 5) is 8.50. The van der Waals surface area contributed by atoms with Crippen molar-refractivity contribution >= 4 is 5.82 Å². The number of aromatic nitrogens is 2. The van der Waals surface area contributed by atoms with E-state index in [-0.39, 0.29) is 0 Å². The molecule has 0 radical (unpaired) electrons. The maximum absolute atomic E-state index is 5.77. The van der Waals surface area contributed by atoms with Crippen molar-refractivity contribution in [2.24, 2.45) is 0 Å². The van der Waals surface area contributed by atoms with Gasteiger partial charge in [0.25, 0.3) is 0 Å². The number of ether oxygens (including phenoxy) is 1. The predicted octanol–water partition coefficient (Wildman–Crippen LogP) is 2.61. The minimum Gasteiger partial charge on any atom is -0.496 e. The number of anilines is 1. The predicted molar refractivity (Wildman–Crippen MR) is 72.5 cm³/mol. The van der Waals surface area contributed by atoms with E-state index >= 15 is 0 Å². The van der Waals surface area contributed by atoms with Crippen LogP contribution in [0.5, 0.6) is 5.75 Å². The second-order valence-corrected chi connectivity index (χ2v) is 4.11. The van der Waals surface area contributed by atoms with Crippen molar-refractivity contribution in [2.75, 3.05) is 12.8 Å². The van der Waals surface area contributed by atoms with Crippen LogP contribution in [-0.2, 0) is 6.42 Å². The van der Waals surface area contributed by atoms with E-state index in [2.05, 4.69) is 29.0 Å². The van der Waals surface area contributed by atoms with Gasteiger partial charge in [0.15, 0.2) is 0 Å². The first-order chi connectivity index (χ1) is 8.63. The molecule has 0 bridgehead atoms. The van der Waals surface area contributed by atoms with Crippen LogP contribution in [-0.4, -0.2) is 17.1 Å². The fourth-order valence-corrected chi connectivity index (χ4v) is 1.90. The Bertz CT molecular complexity index is 547. The van der Waals surface area contributed by atoms with Crippen LogP contribution in [0.1, 0.15) is 18.3 Å². The highest BCUT2D eigenvalue weighted by Crippen LogP contribution is 2.30. The third-order valence-corrected chi connectivity index (χ3v) is 2.81. The van der Waals surface area contributed by atoms with Crippen LogP contribution in [0, 0.1) is 6.92 Å². The van der Waals surface area contributed by atoms with Gasteiger partial charge in [0.05, 0.1) is 12.8 Å². The Labute approximate surface area is 107 Å². The minimum atomic E-state index is 0.474. The van der Waals surface area contributed by atoms with Crippen molar-refractivity contribution in [3.8, 4) is 17.0 Å². The summed E-state index contributed by atoms with van der Waals surface area (Å²) in [5.74, 6) is 1.93. The quantitative estimate of drug-likeness (QED) is 0.900. The second-order valence-electron chi connectivity index (χ2n) is 4.11. The van der Waals surface area contributed by atoms with Crippen LogP contribution in [0.25, 0.3) is 11.3 Å². The summed E-state index contributed by atoms with van der Waals surface area (Å²) in [6.07, 6.45) is 0.969. The molecule has 0 aliphatic carbocycles. The van der Waals surface area contributed by atoms with E-state index in [0.29, 0.717) is 11.6 Å². The molecule has 1 aromatic carbocycles. The zero-order chi connectivity index (χ0) is 13.1. The van der Waals surface area contributed by atoms with Gasteiger partial charge in [-0.05, 0) is 31.0 Å². The third kappa shape index (κ3) is 2.42. The Morgan fingerprint density at radius 3 is 2.61 bits per heavy atom. The molecular weight excluding hydrogens is 226 g/mol. The lowest BCUT2D eigenvalue weighted by atomic mass is 10.0. The molecule has 2 N–H and O–H groups in total. The molecule has 94 valence electrons. The fraction of sp³-hybridized carbons (Fsp3) is 0.286. The molecule has 0 fully saturated rings. The molecule has 0 aliphatic rings. The van der Waals surface area contributed by atoms with Gasteiger partial charge in [-0.25, -0.2) is 9.97 Å². The number of rotatable bonds is 3. The van der Waals surface area contributed by atoms with Crippen LogP contribution in [0.15, 0.2) is 24.3 Å². The smallest absolute Gasteiger partial charge is 0.128 e. The van der Waals surface area contributed by atoms with Crippen molar-refractivity contribution in [3.05, 3.63) is 35.7 Å². The molecule has 1 heterocycles. The SMILES string of the molecule is CCc1ccc(OC)c(-c2cc(N)nc(C)n2)c1. The molecule has 0 aliphatic heterocycles. The summed E-state index contributed by atoms with van der Waals surface area (Å²) in [5, 5.41) is 0. The van der Waals surface area contributed by atoms with Gasteiger partial charge in [-0.1, -0.05) is 13.0 Å². The van der Waals surface area contributed by atoms with E-state index in [9.17, 15) is 0 Å². The van der Waals surface area contributed by atoms with Crippen molar-refractivity contribution in [2.45, 2.75) is 20.3 Å². The molecule has 2 aromatic rings. The second kappa shape index (κ2) is 5.04. The van der Waals surface area contributed by atoms with E-state index < -0.39 is 0 Å². The van der Waals surface area contributed by atoms with E-state index in [4.69, 9.17) is 10.5 Å². The lowest BCUT2D eigenvalue weighted by Gasteiger charge is -2.10. The molecule has 0 unspecified atom stereocenters. The molecule has 0 amide bonds. The van der Waals surface area contributed by atoms with Crippen molar-refractivity contribution in [1.82, 2.24) is 9.97 Å². The van der Waals surface area contributed by atoms with Crippen molar-refractivity contribution in [1.29, 1.82) is 0 Å². The van der Waals surface area contributed by atoms with Gasteiger partial charge in [-0.15, -0.1) is 0 Å². The van der Waals surface area contributed by atoms with Crippen LogP contribution < -0.4 is 10.5 Å². The normalized spacial score (nSPS) is 10.4. The number of aryl methyl sites for hydroxylation is 2. The molecule has 0 saturated heterocycles. The Kier molecular flexibility index (Phi) is 3.46. The van der Waals surface area contributed by atoms with E-state index in [1.54, 1.807) is 13.2 Å². The summed E-state index contributed by atoms with van der Waals surface area (Å²) < 4.78 is 5.38.